The van der Waals surface area contributed by atoms with Crippen LogP contribution in [0, 0.1) is 0 Å². The quantitative estimate of drug-likeness (QED) is 0.472. The van der Waals surface area contributed by atoms with Gasteiger partial charge < -0.3 is 4.84 Å². The zero-order valence-corrected chi connectivity index (χ0v) is 10.5. The molecule has 0 aromatic heterocycles. The molecule has 0 unspecified atom stereocenters. The molecule has 19 heavy (non-hydrogen) atoms. The van der Waals surface area contributed by atoms with Crippen LogP contribution in [0.25, 0.3) is 0 Å². The Morgan fingerprint density at radius 3 is 2.63 bits per heavy atom. The van der Waals surface area contributed by atoms with E-state index in [0.717, 1.165) is 5.56 Å². The lowest BCUT2D eigenvalue weighted by molar-refractivity contribution is -0.142. The van der Waals surface area contributed by atoms with Crippen molar-refractivity contribution in [3.05, 3.63) is 59.7 Å². The highest BCUT2D eigenvalue weighted by Gasteiger charge is 2.09. The summed E-state index contributed by atoms with van der Waals surface area (Å²) >= 11 is 0. The first-order valence-corrected chi connectivity index (χ1v) is 5.87. The van der Waals surface area contributed by atoms with Crippen molar-refractivity contribution in [1.29, 1.82) is 0 Å². The minimum atomic E-state index is -0.434. The Kier molecular flexibility index (Phi) is 4.03. The number of ketones is 1. The van der Waals surface area contributed by atoms with Gasteiger partial charge in [0.15, 0.2) is 5.78 Å². The predicted octanol–water partition coefficient (Wildman–Crippen LogP) is 2.21. The predicted molar refractivity (Wildman–Crippen MR) is 71.6 cm³/mol. The second-order valence-electron chi connectivity index (χ2n) is 4.17. The fraction of sp³-hybridized carbons (Fsp3) is 0.133. The second-order valence-corrected chi connectivity index (χ2v) is 4.17. The first-order valence-electron chi connectivity index (χ1n) is 5.87. The molecule has 96 valence electrons. The van der Waals surface area contributed by atoms with Gasteiger partial charge in [0.25, 0.3) is 0 Å². The molecular weight excluding hydrogens is 242 g/mol. The van der Waals surface area contributed by atoms with Crippen LogP contribution in [0.3, 0.4) is 0 Å². The number of carbonyl (C=O) groups excluding carboxylic acids is 2. The number of nitrogens with zero attached hydrogens (tertiary/aromatic N) is 1. The molecule has 0 aliphatic heterocycles. The van der Waals surface area contributed by atoms with Gasteiger partial charge in [-0.3, -0.25) is 4.79 Å². The molecule has 0 radical (unpaired) electrons. The number of oxime groups is 1. The van der Waals surface area contributed by atoms with Gasteiger partial charge in [-0.2, -0.15) is 0 Å². The Balaban J connectivity index is 1.95. The van der Waals surface area contributed by atoms with E-state index in [2.05, 4.69) is 5.16 Å². The molecule has 1 aromatic carbocycles. The number of hydrogen-bond acceptors (Lipinski definition) is 4. The Labute approximate surface area is 111 Å². The third kappa shape index (κ3) is 3.74. The molecule has 2 rings (SSSR count). The van der Waals surface area contributed by atoms with Crippen molar-refractivity contribution < 1.29 is 14.4 Å². The van der Waals surface area contributed by atoms with Crippen molar-refractivity contribution >= 4 is 17.5 Å². The molecule has 0 saturated heterocycles. The van der Waals surface area contributed by atoms with Gasteiger partial charge in [-0.05, 0) is 36.3 Å². The highest BCUT2D eigenvalue weighted by atomic mass is 16.7. The summed E-state index contributed by atoms with van der Waals surface area (Å²) in [4.78, 5) is 27.5. The third-order valence-corrected chi connectivity index (χ3v) is 2.61. The zero-order valence-electron chi connectivity index (χ0n) is 10.5. The summed E-state index contributed by atoms with van der Waals surface area (Å²) in [6.45, 7) is 1.74. The van der Waals surface area contributed by atoms with Crippen LogP contribution in [0.2, 0.25) is 0 Å². The molecule has 1 aliphatic carbocycles. The Bertz CT molecular complexity index is 583. The van der Waals surface area contributed by atoms with E-state index in [1.807, 2.05) is 30.3 Å². The van der Waals surface area contributed by atoms with Gasteiger partial charge >= 0.3 is 5.97 Å². The van der Waals surface area contributed by atoms with Crippen LogP contribution in [0.4, 0.5) is 0 Å². The average Bonchev–Trinajstić information content (AvgIpc) is 2.39. The Morgan fingerprint density at radius 1 is 1.21 bits per heavy atom. The summed E-state index contributed by atoms with van der Waals surface area (Å²) in [6, 6.07) is 9.29. The fourth-order valence-electron chi connectivity index (χ4n) is 1.63. The summed E-state index contributed by atoms with van der Waals surface area (Å²) < 4.78 is 0. The lowest BCUT2D eigenvalue weighted by Gasteiger charge is -2.05. The van der Waals surface area contributed by atoms with Crippen molar-refractivity contribution in [2.24, 2.45) is 5.16 Å². The number of hydrogen-bond donors (Lipinski definition) is 0. The van der Waals surface area contributed by atoms with E-state index < -0.39 is 5.97 Å². The van der Waals surface area contributed by atoms with E-state index in [1.165, 1.54) is 18.2 Å². The molecule has 0 spiro atoms. The van der Waals surface area contributed by atoms with Crippen molar-refractivity contribution in [3.63, 3.8) is 0 Å². The molecular formula is C15H13NO3. The van der Waals surface area contributed by atoms with Crippen LogP contribution in [0.15, 0.2) is 59.3 Å². The van der Waals surface area contributed by atoms with Crippen LogP contribution in [-0.4, -0.2) is 17.5 Å². The Morgan fingerprint density at radius 2 is 1.95 bits per heavy atom. The highest BCUT2D eigenvalue weighted by Crippen LogP contribution is 2.07. The maximum atomic E-state index is 11.6. The summed E-state index contributed by atoms with van der Waals surface area (Å²) in [6.07, 6.45) is 4.54. The van der Waals surface area contributed by atoms with Gasteiger partial charge in [0.1, 0.15) is 5.71 Å². The largest absolute Gasteiger partial charge is 0.339 e. The summed E-state index contributed by atoms with van der Waals surface area (Å²) in [5.41, 5.74) is 2.04. The van der Waals surface area contributed by atoms with Crippen molar-refractivity contribution in [2.75, 3.05) is 0 Å². The summed E-state index contributed by atoms with van der Waals surface area (Å²) in [5, 5.41) is 3.75. The van der Waals surface area contributed by atoms with Crippen molar-refractivity contribution in [3.8, 4) is 0 Å². The molecule has 0 heterocycles. The summed E-state index contributed by atoms with van der Waals surface area (Å²) in [5.74, 6) is -0.524. The van der Waals surface area contributed by atoms with E-state index in [-0.39, 0.29) is 12.2 Å². The van der Waals surface area contributed by atoms with Crippen LogP contribution < -0.4 is 0 Å². The SMILES string of the molecule is CC1=CC(=O)C=C/C1=N\OC(=O)Cc1ccccc1. The molecule has 0 bridgehead atoms. The van der Waals surface area contributed by atoms with Crippen molar-refractivity contribution in [1.82, 2.24) is 0 Å². The minimum absolute atomic E-state index is 0.0907. The van der Waals surface area contributed by atoms with E-state index in [0.29, 0.717) is 11.3 Å². The van der Waals surface area contributed by atoms with Gasteiger partial charge in [0.05, 0.1) is 6.42 Å². The first kappa shape index (κ1) is 13.0. The number of allylic oxidation sites excluding steroid dienone is 4. The maximum Gasteiger partial charge on any atom is 0.339 e. The first-order chi connectivity index (χ1) is 9.15. The number of carbonyl (C=O) groups is 2. The molecule has 4 nitrogen and oxygen atoms in total. The molecule has 1 aliphatic rings. The standard InChI is InChI=1S/C15H13NO3/c1-11-9-13(17)7-8-14(11)16-19-15(18)10-12-5-3-2-4-6-12/h2-9H,10H2,1H3/b16-14+. The van der Waals surface area contributed by atoms with Crippen LogP contribution in [0.1, 0.15) is 12.5 Å². The van der Waals surface area contributed by atoms with E-state index in [4.69, 9.17) is 4.84 Å². The van der Waals surface area contributed by atoms with Gasteiger partial charge in [-0.15, -0.1) is 0 Å². The van der Waals surface area contributed by atoms with E-state index in [1.54, 1.807) is 6.92 Å². The molecule has 0 atom stereocenters. The lowest BCUT2D eigenvalue weighted by atomic mass is 10.1. The molecule has 0 saturated carbocycles. The third-order valence-electron chi connectivity index (χ3n) is 2.61. The topological polar surface area (TPSA) is 55.7 Å². The van der Waals surface area contributed by atoms with Gasteiger partial charge in [-0.25, -0.2) is 4.79 Å². The average molecular weight is 255 g/mol. The minimum Gasteiger partial charge on any atom is -0.317 e. The van der Waals surface area contributed by atoms with Crippen molar-refractivity contribution in [2.45, 2.75) is 13.3 Å². The van der Waals surface area contributed by atoms with E-state index in [9.17, 15) is 9.59 Å². The van der Waals surface area contributed by atoms with Crippen LogP contribution in [-0.2, 0) is 20.8 Å². The van der Waals surface area contributed by atoms with E-state index >= 15 is 0 Å². The zero-order chi connectivity index (χ0) is 13.7. The smallest absolute Gasteiger partial charge is 0.317 e. The normalized spacial score (nSPS) is 16.4. The Hall–Kier alpha value is -2.49. The molecule has 0 fully saturated rings. The maximum absolute atomic E-state index is 11.6. The molecule has 0 amide bonds. The van der Waals surface area contributed by atoms with Crippen LogP contribution >= 0.6 is 0 Å². The molecule has 4 heteroatoms. The van der Waals surface area contributed by atoms with Crippen LogP contribution in [0.5, 0.6) is 0 Å². The van der Waals surface area contributed by atoms with Gasteiger partial charge in [-0.1, -0.05) is 35.5 Å². The highest BCUT2D eigenvalue weighted by molar-refractivity contribution is 6.19. The monoisotopic (exact) mass is 255 g/mol. The fourth-order valence-corrected chi connectivity index (χ4v) is 1.63. The summed E-state index contributed by atoms with van der Waals surface area (Å²) in [7, 11) is 0. The lowest BCUT2D eigenvalue weighted by Crippen LogP contribution is -2.09. The second kappa shape index (κ2) is 5.91. The van der Waals surface area contributed by atoms with Gasteiger partial charge in [0.2, 0.25) is 0 Å². The molecule has 0 N–H and O–H groups in total. The molecule has 1 aromatic rings. The van der Waals surface area contributed by atoms with Gasteiger partial charge in [0, 0.05) is 0 Å². The number of benzene rings is 1. The number of rotatable bonds is 3.